The van der Waals surface area contributed by atoms with Gasteiger partial charge < -0.3 is 58.7 Å². The average molecular weight is 1510 g/mol. The fourth-order valence-electron chi connectivity index (χ4n) is 0. The van der Waals surface area contributed by atoms with Crippen LogP contribution in [0.25, 0.3) is 0 Å². The van der Waals surface area contributed by atoms with Crippen molar-refractivity contribution in [2.24, 2.45) is 0 Å². The molecule has 1 radical (unpaired) electrons. The summed E-state index contributed by atoms with van der Waals surface area (Å²) >= 11 is -17.1. The first-order valence-corrected chi connectivity index (χ1v) is 25.8. The van der Waals surface area contributed by atoms with Gasteiger partial charge in [0.25, 0.3) is 0 Å². The molecular weight excluding hydrogens is 1500 g/mol. The third-order valence-corrected chi connectivity index (χ3v) is 0. The molecule has 12 N–H and O–H groups in total. The summed E-state index contributed by atoms with van der Waals surface area (Å²) in [5.41, 5.74) is 0. The molecule has 0 aromatic heterocycles. The molecule has 0 amide bonds. The minimum absolute atomic E-state index is 0. The van der Waals surface area contributed by atoms with E-state index in [1.807, 2.05) is 0 Å². The molecule has 0 bridgehead atoms. The van der Waals surface area contributed by atoms with E-state index in [0.717, 1.165) is 0 Å². The van der Waals surface area contributed by atoms with Gasteiger partial charge in [0.15, 0.2) is 0 Å². The Kier molecular flexibility index (Phi) is 61.1. The van der Waals surface area contributed by atoms with Crippen LogP contribution in [-0.2, 0) is 136 Å². The zero-order valence-corrected chi connectivity index (χ0v) is 33.4. The van der Waals surface area contributed by atoms with Gasteiger partial charge in [0.2, 0.25) is 0 Å². The van der Waals surface area contributed by atoms with Crippen molar-refractivity contribution in [3.63, 3.8) is 0 Å². The molecule has 0 spiro atoms. The molecule has 0 aliphatic heterocycles. The normalized spacial score (nSPS) is 9.08. The Labute approximate surface area is 239 Å². The van der Waals surface area contributed by atoms with Crippen LogP contribution in [-0.4, -0.2) is 58.7 Å². The summed E-state index contributed by atoms with van der Waals surface area (Å²) in [7, 11) is -18.6. The van der Waals surface area contributed by atoms with Gasteiger partial charge in [-0.3, -0.25) is 0 Å². The second-order valence-corrected chi connectivity index (χ2v) is 12.8. The van der Waals surface area contributed by atoms with Crippen molar-refractivity contribution in [3.05, 3.63) is 0 Å². The summed E-state index contributed by atoms with van der Waals surface area (Å²) in [5, 5.41) is 0. The van der Waals surface area contributed by atoms with Crippen LogP contribution in [0.5, 0.6) is 0 Å². The molecule has 0 saturated heterocycles. The van der Waals surface area contributed by atoms with Crippen molar-refractivity contribution in [1.82, 2.24) is 0 Å². The molecule has 28 nitrogen and oxygen atoms in total. The van der Waals surface area contributed by atoms with E-state index in [2.05, 4.69) is 0 Å². The van der Waals surface area contributed by atoms with E-state index in [4.69, 9.17) is 119 Å². The Bertz CT molecular complexity index is 741. The van der Waals surface area contributed by atoms with E-state index in [9.17, 15) is 0 Å². The summed E-state index contributed by atoms with van der Waals surface area (Å²) < 4.78 is 139. The van der Waals surface area contributed by atoms with Gasteiger partial charge in [-0.2, -0.15) is 0 Å². The van der Waals surface area contributed by atoms with E-state index >= 15 is 0 Å². The van der Waals surface area contributed by atoms with Gasteiger partial charge in [-0.05, 0) is 0 Å². The molecule has 0 aromatic rings. The van der Waals surface area contributed by atoms with Crippen molar-refractivity contribution in [2.45, 2.75) is 0 Å². The molecule has 0 saturated carbocycles. The van der Waals surface area contributed by atoms with E-state index in [1.54, 1.807) is 0 Å². The molecule has 0 heterocycles. The molecule has 0 atom stereocenters. The van der Waals surface area contributed by atoms with Crippen LogP contribution in [0.4, 0.5) is 0 Å². The molecular formula is H12IrO28P4W4-4. The maximum atomic E-state index is 8.88. The van der Waals surface area contributed by atoms with E-state index in [0.29, 0.717) is 0 Å². The zero-order chi connectivity index (χ0) is 32.3. The van der Waals surface area contributed by atoms with Gasteiger partial charge in [0.1, 0.15) is 0 Å². The van der Waals surface area contributed by atoms with E-state index in [-0.39, 0.29) is 20.1 Å². The first kappa shape index (κ1) is 62.6. The fourth-order valence-corrected chi connectivity index (χ4v) is 0. The van der Waals surface area contributed by atoms with Crippen LogP contribution in [0.3, 0.4) is 0 Å². The van der Waals surface area contributed by atoms with Gasteiger partial charge >= 0.3 is 144 Å². The summed E-state index contributed by atoms with van der Waals surface area (Å²) in [5.74, 6) is 0. The molecule has 0 rings (SSSR count). The zero-order valence-electron chi connectivity index (χ0n) is 15.7. The molecule has 0 fully saturated rings. The molecule has 37 heteroatoms. The van der Waals surface area contributed by atoms with E-state index in [1.165, 1.54) is 0 Å². The standard InChI is InChI=1S/Ir.4H3O4P.12O.4W/c;4*1-5(2,3)4;;;;;;;;;;;;;;;;/h;4*(H3,1,2,3,4);;;;;;;;;;;;;;;;/q;;;;;;;;;;;;;4*-1;;;;. The summed E-state index contributed by atoms with van der Waals surface area (Å²) in [4.78, 5) is 86.2. The number of rotatable bonds is 0. The van der Waals surface area contributed by atoms with Gasteiger partial charge in [-0.15, -0.1) is 0 Å². The third-order valence-electron chi connectivity index (χ3n) is 0. The summed E-state index contributed by atoms with van der Waals surface area (Å²) in [6.45, 7) is 0. The van der Waals surface area contributed by atoms with Crippen LogP contribution in [0.15, 0.2) is 0 Å². The van der Waals surface area contributed by atoms with E-state index < -0.39 is 102 Å². The van der Waals surface area contributed by atoms with Crippen molar-refractivity contribution in [2.75, 3.05) is 0 Å². The van der Waals surface area contributed by atoms with Crippen LogP contribution in [0.1, 0.15) is 0 Å². The fraction of sp³-hybridized carbons (Fsp3) is 0. The molecule has 0 unspecified atom stereocenters. The molecule has 0 aliphatic rings. The van der Waals surface area contributed by atoms with Crippen molar-refractivity contribution < 1.29 is 210 Å². The Morgan fingerprint density at radius 1 is 0.324 bits per heavy atom. The average Bonchev–Trinajstić information content (AvgIpc) is 2.24. The summed E-state index contributed by atoms with van der Waals surface area (Å²) in [6, 6.07) is 0. The van der Waals surface area contributed by atoms with Crippen LogP contribution in [0, 0.1) is 0 Å². The van der Waals surface area contributed by atoms with Crippen LogP contribution < -0.4 is 15.0 Å². The molecule has 0 aromatic carbocycles. The van der Waals surface area contributed by atoms with Gasteiger partial charge in [0.05, 0.1) is 0 Å². The van der Waals surface area contributed by atoms with Gasteiger partial charge in [-0.1, -0.05) is 0 Å². The Morgan fingerprint density at radius 3 is 0.324 bits per heavy atom. The Hall–Kier alpha value is 2.08. The first-order chi connectivity index (χ1) is 14.9. The Balaban J connectivity index is -0.0000000345. The predicted molar refractivity (Wildman–Crippen MR) is 62.5 cm³/mol. The number of phosphoric acid groups is 4. The molecule has 0 aliphatic carbocycles. The Morgan fingerprint density at radius 2 is 0.324 bits per heavy atom. The first-order valence-electron chi connectivity index (χ1n) is 5.13. The SMILES string of the molecule is O=P(O)(O)O.O=P(O)(O)O.O=P(O)(O)O.O=P(O)(O)O.[Ir].[O]=[W](=[O])[O-].[O]=[W](=[O])[O-].[O]=[W](=[O])[O-].[O]=[W](=[O])[O-]. The predicted octanol–water partition coefficient (Wildman–Crippen LogP) is -9.43. The monoisotopic (exact) mass is 1510 g/mol. The minimum atomic E-state index is -4.64. The van der Waals surface area contributed by atoms with Crippen LogP contribution in [0.2, 0.25) is 0 Å². The molecule has 237 valence electrons. The second-order valence-electron chi connectivity index (χ2n) is 2.87. The maximum absolute atomic E-state index is 8.88. The summed E-state index contributed by atoms with van der Waals surface area (Å²) in [6.07, 6.45) is 0. The van der Waals surface area contributed by atoms with Gasteiger partial charge in [-0.25, -0.2) is 18.3 Å². The van der Waals surface area contributed by atoms with Crippen molar-refractivity contribution in [1.29, 1.82) is 0 Å². The topological polar surface area (TPSA) is 540 Å². The number of hydrogen-bond acceptors (Lipinski definition) is 16. The van der Waals surface area contributed by atoms with Gasteiger partial charge in [0, 0.05) is 20.1 Å². The molecule has 37 heavy (non-hydrogen) atoms. The van der Waals surface area contributed by atoms with Crippen LogP contribution >= 0.6 is 31.3 Å². The quantitative estimate of drug-likeness (QED) is 0.100. The third kappa shape index (κ3) is 11400. The second kappa shape index (κ2) is 36.1. The number of hydrogen-bond donors (Lipinski definition) is 12. The van der Waals surface area contributed by atoms with Crippen molar-refractivity contribution >= 4 is 31.3 Å². The van der Waals surface area contributed by atoms with Crippen molar-refractivity contribution in [3.8, 4) is 0 Å².